The minimum absolute atomic E-state index is 0.00449. The largest absolute Gasteiger partial charge is 0.497 e. The van der Waals surface area contributed by atoms with Crippen molar-refractivity contribution < 1.29 is 14.3 Å². The Balaban J connectivity index is 2.00. The molecular formula is C28H47NO3. The van der Waals surface area contributed by atoms with E-state index in [0.29, 0.717) is 6.42 Å². The number of unbranched alkanes of at least 4 members (excludes halogenated alkanes) is 7. The maximum absolute atomic E-state index is 13.0. The maximum Gasteiger partial charge on any atom is 0.306 e. The molecule has 2 rings (SSSR count). The molecule has 1 aromatic rings. The predicted molar refractivity (Wildman–Crippen MR) is 133 cm³/mol. The highest BCUT2D eigenvalue weighted by atomic mass is 16.6. The Kier molecular flexibility index (Phi) is 12.2. The third-order valence-corrected chi connectivity index (χ3v) is 6.95. The van der Waals surface area contributed by atoms with Gasteiger partial charge >= 0.3 is 5.97 Å². The number of carbonyl (C=O) groups excluding carboxylic acids is 1. The zero-order chi connectivity index (χ0) is 23.2. The second kappa shape index (κ2) is 14.6. The van der Waals surface area contributed by atoms with E-state index in [9.17, 15) is 4.79 Å². The molecule has 0 aliphatic heterocycles. The van der Waals surface area contributed by atoms with Crippen LogP contribution in [-0.2, 0) is 9.53 Å². The molecule has 4 nitrogen and oxygen atoms in total. The Morgan fingerprint density at radius 1 is 0.938 bits per heavy atom. The first-order valence-corrected chi connectivity index (χ1v) is 13.0. The van der Waals surface area contributed by atoms with Gasteiger partial charge in [-0.05, 0) is 63.9 Å². The summed E-state index contributed by atoms with van der Waals surface area (Å²) in [6.45, 7) is 3.12. The Morgan fingerprint density at radius 2 is 1.53 bits per heavy atom. The number of carbonyl (C=O) groups is 1. The van der Waals surface area contributed by atoms with Crippen LogP contribution in [0.4, 0.5) is 0 Å². The number of benzene rings is 1. The highest BCUT2D eigenvalue weighted by Crippen LogP contribution is 2.44. The zero-order valence-electron chi connectivity index (χ0n) is 21.2. The molecule has 0 heterocycles. The summed E-state index contributed by atoms with van der Waals surface area (Å²) in [5.41, 5.74) is 0.843. The van der Waals surface area contributed by atoms with Crippen molar-refractivity contribution in [2.75, 3.05) is 27.7 Å². The van der Waals surface area contributed by atoms with E-state index in [-0.39, 0.29) is 11.9 Å². The third kappa shape index (κ3) is 8.77. The quantitative estimate of drug-likeness (QED) is 0.213. The van der Waals surface area contributed by atoms with Crippen LogP contribution in [0.15, 0.2) is 24.3 Å². The van der Waals surface area contributed by atoms with E-state index in [1.165, 1.54) is 50.5 Å². The number of hydrogen-bond acceptors (Lipinski definition) is 4. The Bertz CT molecular complexity index is 635. The highest BCUT2D eigenvalue weighted by Gasteiger charge is 2.44. The predicted octanol–water partition coefficient (Wildman–Crippen LogP) is 7.12. The summed E-state index contributed by atoms with van der Waals surface area (Å²) in [5.74, 6) is 1.03. The molecule has 1 unspecified atom stereocenters. The van der Waals surface area contributed by atoms with Crippen LogP contribution < -0.4 is 4.74 Å². The van der Waals surface area contributed by atoms with E-state index in [1.54, 1.807) is 7.11 Å². The van der Waals surface area contributed by atoms with Gasteiger partial charge in [-0.1, -0.05) is 70.4 Å². The number of hydrogen-bond donors (Lipinski definition) is 0. The molecule has 182 valence electrons. The lowest BCUT2D eigenvalue weighted by atomic mass is 9.72. The fraction of sp³-hybridized carbons (Fsp3) is 0.750. The van der Waals surface area contributed by atoms with Crippen molar-refractivity contribution in [1.82, 2.24) is 4.90 Å². The van der Waals surface area contributed by atoms with Gasteiger partial charge in [0.1, 0.15) is 11.4 Å². The molecule has 1 aliphatic carbocycles. The summed E-state index contributed by atoms with van der Waals surface area (Å²) >= 11 is 0. The Hall–Kier alpha value is -1.55. The van der Waals surface area contributed by atoms with Crippen LogP contribution in [0, 0.1) is 0 Å². The molecule has 1 aromatic carbocycles. The molecule has 0 bridgehead atoms. The standard InChI is InChI=1S/C28H47NO3/c1-5-6-7-8-9-10-11-13-16-27(30)32-28(21-14-12-15-22-28)26(23-29(2)3)24-17-19-25(31-4)20-18-24/h17-20,26H,5-16,21-23H2,1-4H3. The van der Waals surface area contributed by atoms with Crippen molar-refractivity contribution in [2.24, 2.45) is 0 Å². The molecule has 0 spiro atoms. The van der Waals surface area contributed by atoms with Crippen LogP contribution in [-0.4, -0.2) is 44.2 Å². The lowest BCUT2D eigenvalue weighted by Crippen LogP contribution is -2.46. The van der Waals surface area contributed by atoms with Crippen molar-refractivity contribution in [1.29, 1.82) is 0 Å². The molecule has 1 saturated carbocycles. The molecule has 32 heavy (non-hydrogen) atoms. The number of nitrogens with zero attached hydrogens (tertiary/aromatic N) is 1. The topological polar surface area (TPSA) is 38.8 Å². The Morgan fingerprint density at radius 3 is 2.09 bits per heavy atom. The van der Waals surface area contributed by atoms with Crippen LogP contribution >= 0.6 is 0 Å². The molecule has 0 amide bonds. The third-order valence-electron chi connectivity index (χ3n) is 6.95. The van der Waals surface area contributed by atoms with E-state index < -0.39 is 5.60 Å². The van der Waals surface area contributed by atoms with Gasteiger partial charge in [-0.2, -0.15) is 0 Å². The van der Waals surface area contributed by atoms with Gasteiger partial charge in [0.2, 0.25) is 0 Å². The van der Waals surface area contributed by atoms with Crippen molar-refractivity contribution in [2.45, 2.75) is 108 Å². The lowest BCUT2D eigenvalue weighted by molar-refractivity contribution is -0.167. The summed E-state index contributed by atoms with van der Waals surface area (Å²) in [4.78, 5) is 15.2. The van der Waals surface area contributed by atoms with E-state index in [4.69, 9.17) is 9.47 Å². The van der Waals surface area contributed by atoms with Crippen LogP contribution in [0.2, 0.25) is 0 Å². The molecule has 0 saturated heterocycles. The Labute approximate surface area is 197 Å². The van der Waals surface area contributed by atoms with Crippen LogP contribution in [0.25, 0.3) is 0 Å². The van der Waals surface area contributed by atoms with Gasteiger partial charge in [0.15, 0.2) is 0 Å². The number of esters is 1. The van der Waals surface area contributed by atoms with Gasteiger partial charge in [0.25, 0.3) is 0 Å². The summed E-state index contributed by atoms with van der Waals surface area (Å²) in [6, 6.07) is 8.35. The second-order valence-electron chi connectivity index (χ2n) is 9.91. The van der Waals surface area contributed by atoms with Crippen molar-refractivity contribution in [3.8, 4) is 5.75 Å². The molecule has 0 radical (unpaired) electrons. The highest BCUT2D eigenvalue weighted by molar-refractivity contribution is 5.70. The first-order chi connectivity index (χ1) is 15.5. The summed E-state index contributed by atoms with van der Waals surface area (Å²) in [6.07, 6.45) is 15.9. The maximum atomic E-state index is 13.0. The molecule has 1 fully saturated rings. The molecular weight excluding hydrogens is 398 g/mol. The summed E-state index contributed by atoms with van der Waals surface area (Å²) in [5, 5.41) is 0. The average molecular weight is 446 g/mol. The van der Waals surface area contributed by atoms with Crippen molar-refractivity contribution >= 4 is 5.97 Å². The van der Waals surface area contributed by atoms with E-state index in [1.807, 2.05) is 12.1 Å². The average Bonchev–Trinajstić information content (AvgIpc) is 2.80. The molecule has 0 aromatic heterocycles. The van der Waals surface area contributed by atoms with Crippen LogP contribution in [0.1, 0.15) is 108 Å². The van der Waals surface area contributed by atoms with Crippen LogP contribution in [0.3, 0.4) is 0 Å². The minimum Gasteiger partial charge on any atom is -0.497 e. The monoisotopic (exact) mass is 445 g/mol. The molecule has 4 heteroatoms. The van der Waals surface area contributed by atoms with Gasteiger partial charge in [-0.15, -0.1) is 0 Å². The second-order valence-corrected chi connectivity index (χ2v) is 9.91. The number of likely N-dealkylation sites (N-methyl/N-ethyl adjacent to an activating group) is 1. The first kappa shape index (κ1) is 26.7. The number of rotatable bonds is 15. The van der Waals surface area contributed by atoms with Gasteiger partial charge < -0.3 is 14.4 Å². The van der Waals surface area contributed by atoms with Crippen molar-refractivity contribution in [3.05, 3.63) is 29.8 Å². The number of methoxy groups -OCH3 is 1. The smallest absolute Gasteiger partial charge is 0.306 e. The molecule has 1 aliphatic rings. The zero-order valence-corrected chi connectivity index (χ0v) is 21.2. The molecule has 0 N–H and O–H groups in total. The minimum atomic E-state index is -0.394. The summed E-state index contributed by atoms with van der Waals surface area (Å²) in [7, 11) is 5.91. The van der Waals surface area contributed by atoms with E-state index >= 15 is 0 Å². The molecule has 1 atom stereocenters. The fourth-order valence-corrected chi connectivity index (χ4v) is 5.13. The summed E-state index contributed by atoms with van der Waals surface area (Å²) < 4.78 is 11.8. The fourth-order valence-electron chi connectivity index (χ4n) is 5.13. The normalized spacial score (nSPS) is 16.7. The number of ether oxygens (including phenoxy) is 2. The van der Waals surface area contributed by atoms with E-state index in [0.717, 1.165) is 50.8 Å². The van der Waals surface area contributed by atoms with Gasteiger partial charge in [0.05, 0.1) is 7.11 Å². The van der Waals surface area contributed by atoms with Gasteiger partial charge in [-0.3, -0.25) is 4.79 Å². The first-order valence-electron chi connectivity index (χ1n) is 13.0. The van der Waals surface area contributed by atoms with E-state index in [2.05, 4.69) is 38.1 Å². The van der Waals surface area contributed by atoms with Crippen LogP contribution in [0.5, 0.6) is 5.75 Å². The van der Waals surface area contributed by atoms with Crippen molar-refractivity contribution in [3.63, 3.8) is 0 Å². The lowest BCUT2D eigenvalue weighted by Gasteiger charge is -2.44. The van der Waals surface area contributed by atoms with Gasteiger partial charge in [0, 0.05) is 18.9 Å². The van der Waals surface area contributed by atoms with Gasteiger partial charge in [-0.25, -0.2) is 0 Å². The SMILES string of the molecule is CCCCCCCCCCC(=O)OC1(C(CN(C)C)c2ccc(OC)cc2)CCCCC1.